The molecule has 0 spiro atoms. The Morgan fingerprint density at radius 2 is 2.13 bits per heavy atom. The molecule has 3 aromatic rings. The number of aryl methyl sites for hydroxylation is 2. The fraction of sp³-hybridized carbons (Fsp3) is 0.421. The summed E-state index contributed by atoms with van der Waals surface area (Å²) in [4.78, 5) is 5.88. The van der Waals surface area contributed by atoms with Crippen molar-refractivity contribution in [3.63, 3.8) is 0 Å². The number of thiazole rings is 1. The van der Waals surface area contributed by atoms with Crippen molar-refractivity contribution in [2.45, 2.75) is 46.6 Å². The fourth-order valence-corrected chi connectivity index (χ4v) is 3.80. The van der Waals surface area contributed by atoms with E-state index in [1.807, 2.05) is 0 Å². The minimum atomic E-state index is 0.462. The number of hydrogen-bond acceptors (Lipinski definition) is 3. The maximum absolute atomic E-state index is 4.80. The van der Waals surface area contributed by atoms with Crippen LogP contribution in [0.25, 0.3) is 16.2 Å². The second-order valence-electron chi connectivity index (χ2n) is 6.38. The predicted molar refractivity (Wildman–Crippen MR) is 99.4 cm³/mol. The van der Waals surface area contributed by atoms with Crippen LogP contribution in [0.3, 0.4) is 0 Å². The molecule has 0 saturated carbocycles. The second kappa shape index (κ2) is 6.85. The Labute approximate surface area is 142 Å². The molecule has 2 aromatic heterocycles. The molecule has 1 aromatic carbocycles. The summed E-state index contributed by atoms with van der Waals surface area (Å²) in [6.45, 7) is 9.81. The van der Waals surface area contributed by atoms with Crippen molar-refractivity contribution in [1.29, 1.82) is 0 Å². The Hall–Kier alpha value is -1.65. The van der Waals surface area contributed by atoms with Crippen LogP contribution in [0.2, 0.25) is 0 Å². The Morgan fingerprint density at radius 3 is 2.91 bits per heavy atom. The van der Waals surface area contributed by atoms with Crippen LogP contribution < -0.4 is 5.32 Å². The van der Waals surface area contributed by atoms with Gasteiger partial charge in [-0.05, 0) is 45.4 Å². The summed E-state index contributed by atoms with van der Waals surface area (Å²) >= 11 is 1.72. The summed E-state index contributed by atoms with van der Waals surface area (Å²) in [6, 6.07) is 7.09. The number of benzene rings is 1. The Kier molecular flexibility index (Phi) is 4.83. The number of nitrogens with one attached hydrogen (secondary N) is 1. The first-order valence-electron chi connectivity index (χ1n) is 8.35. The third-order valence-corrected chi connectivity index (χ3v) is 5.03. The van der Waals surface area contributed by atoms with E-state index in [4.69, 9.17) is 4.98 Å². The molecule has 1 unspecified atom stereocenters. The van der Waals surface area contributed by atoms with E-state index in [0.717, 1.165) is 17.9 Å². The van der Waals surface area contributed by atoms with Crippen LogP contribution in [0.4, 0.5) is 0 Å². The third kappa shape index (κ3) is 3.48. The lowest BCUT2D eigenvalue weighted by Crippen LogP contribution is -2.28. The van der Waals surface area contributed by atoms with Crippen LogP contribution in [0.15, 0.2) is 29.8 Å². The Morgan fingerprint density at radius 1 is 1.30 bits per heavy atom. The van der Waals surface area contributed by atoms with E-state index >= 15 is 0 Å². The van der Waals surface area contributed by atoms with E-state index < -0.39 is 0 Å². The zero-order chi connectivity index (χ0) is 16.4. The van der Waals surface area contributed by atoms with Crippen LogP contribution in [0.1, 0.15) is 37.1 Å². The lowest BCUT2D eigenvalue weighted by atomic mass is 10.0. The van der Waals surface area contributed by atoms with Crippen LogP contribution in [-0.4, -0.2) is 22.0 Å². The van der Waals surface area contributed by atoms with Gasteiger partial charge in [-0.3, -0.25) is 4.40 Å². The Bertz CT molecular complexity index is 800. The highest BCUT2D eigenvalue weighted by atomic mass is 32.1. The minimum Gasteiger partial charge on any atom is -0.314 e. The average Bonchev–Trinajstić information content (AvgIpc) is 3.07. The molecule has 4 heteroatoms. The molecule has 0 amide bonds. The summed E-state index contributed by atoms with van der Waals surface area (Å²) in [7, 11) is 0. The zero-order valence-electron chi connectivity index (χ0n) is 14.4. The van der Waals surface area contributed by atoms with Crippen LogP contribution in [0.5, 0.6) is 0 Å². The van der Waals surface area contributed by atoms with Gasteiger partial charge in [-0.15, -0.1) is 11.3 Å². The molecule has 0 radical (unpaired) electrons. The van der Waals surface area contributed by atoms with Gasteiger partial charge in [0.05, 0.1) is 11.4 Å². The van der Waals surface area contributed by atoms with Crippen LogP contribution in [0, 0.1) is 13.8 Å². The van der Waals surface area contributed by atoms with Crippen molar-refractivity contribution in [3.8, 4) is 11.3 Å². The van der Waals surface area contributed by atoms with E-state index in [9.17, 15) is 0 Å². The first-order chi connectivity index (χ1) is 11.1. The number of nitrogens with zero attached hydrogens (tertiary/aromatic N) is 2. The molecular weight excluding hydrogens is 302 g/mol. The smallest absolute Gasteiger partial charge is 0.194 e. The lowest BCUT2D eigenvalue weighted by molar-refractivity contribution is 0.540. The molecule has 3 nitrogen and oxygen atoms in total. The average molecular weight is 327 g/mol. The molecule has 122 valence electrons. The van der Waals surface area contributed by atoms with Gasteiger partial charge >= 0.3 is 0 Å². The number of hydrogen-bond donors (Lipinski definition) is 1. The first-order valence-corrected chi connectivity index (χ1v) is 9.23. The SMILES string of the molecule is CCCNC(C)Cc1cn2c(-c3cc(C)ccc3C)csc2n1. The van der Waals surface area contributed by atoms with Gasteiger partial charge in [0, 0.05) is 29.6 Å². The van der Waals surface area contributed by atoms with E-state index in [1.54, 1.807) is 11.3 Å². The van der Waals surface area contributed by atoms with Crippen molar-refractivity contribution in [3.05, 3.63) is 46.6 Å². The van der Waals surface area contributed by atoms with Gasteiger partial charge < -0.3 is 5.32 Å². The molecule has 0 aliphatic rings. The summed E-state index contributed by atoms with van der Waals surface area (Å²) < 4.78 is 2.24. The second-order valence-corrected chi connectivity index (χ2v) is 7.22. The van der Waals surface area contributed by atoms with Gasteiger partial charge in [0.25, 0.3) is 0 Å². The van der Waals surface area contributed by atoms with Crippen molar-refractivity contribution in [2.75, 3.05) is 6.54 Å². The Balaban J connectivity index is 1.90. The largest absolute Gasteiger partial charge is 0.314 e. The highest BCUT2D eigenvalue weighted by Gasteiger charge is 2.13. The van der Waals surface area contributed by atoms with E-state index in [0.29, 0.717) is 6.04 Å². The fourth-order valence-electron chi connectivity index (χ4n) is 2.91. The predicted octanol–water partition coefficient (Wildman–Crippen LogP) is 4.61. The molecule has 0 fully saturated rings. The summed E-state index contributed by atoms with van der Waals surface area (Å²) in [5.74, 6) is 0. The number of aromatic nitrogens is 2. The maximum atomic E-state index is 4.80. The number of imidazole rings is 1. The van der Waals surface area contributed by atoms with E-state index in [1.165, 1.54) is 34.5 Å². The van der Waals surface area contributed by atoms with Crippen molar-refractivity contribution >= 4 is 16.3 Å². The molecule has 23 heavy (non-hydrogen) atoms. The van der Waals surface area contributed by atoms with Gasteiger partial charge in [-0.1, -0.05) is 24.6 Å². The van der Waals surface area contributed by atoms with Gasteiger partial charge in [0.15, 0.2) is 4.96 Å². The monoisotopic (exact) mass is 327 g/mol. The highest BCUT2D eigenvalue weighted by Crippen LogP contribution is 2.29. The molecule has 0 aliphatic carbocycles. The van der Waals surface area contributed by atoms with E-state index in [2.05, 4.69) is 67.2 Å². The summed E-state index contributed by atoms with van der Waals surface area (Å²) in [5, 5.41) is 5.75. The molecule has 0 saturated heterocycles. The molecule has 1 N–H and O–H groups in total. The molecule has 3 rings (SSSR count). The van der Waals surface area contributed by atoms with Crippen molar-refractivity contribution < 1.29 is 0 Å². The number of fused-ring (bicyclic) bond motifs is 1. The first kappa shape index (κ1) is 16.2. The van der Waals surface area contributed by atoms with Crippen molar-refractivity contribution in [1.82, 2.24) is 14.7 Å². The van der Waals surface area contributed by atoms with Gasteiger partial charge in [0.2, 0.25) is 0 Å². The summed E-state index contributed by atoms with van der Waals surface area (Å²) in [6.07, 6.45) is 4.34. The minimum absolute atomic E-state index is 0.462. The van der Waals surface area contributed by atoms with Crippen LogP contribution >= 0.6 is 11.3 Å². The highest BCUT2D eigenvalue weighted by molar-refractivity contribution is 7.15. The summed E-state index contributed by atoms with van der Waals surface area (Å²) in [5.41, 5.74) is 6.32. The van der Waals surface area contributed by atoms with Gasteiger partial charge in [-0.25, -0.2) is 4.98 Å². The standard InChI is InChI=1S/C19H25N3S/c1-5-8-20-15(4)10-16-11-22-18(12-23-19(22)21-16)17-9-13(2)6-7-14(17)3/h6-7,9,11-12,15,20H,5,8,10H2,1-4H3. The maximum Gasteiger partial charge on any atom is 0.194 e. The van der Waals surface area contributed by atoms with Crippen molar-refractivity contribution in [2.24, 2.45) is 0 Å². The zero-order valence-corrected chi connectivity index (χ0v) is 15.2. The van der Waals surface area contributed by atoms with Gasteiger partial charge in [-0.2, -0.15) is 0 Å². The normalized spacial score (nSPS) is 12.9. The lowest BCUT2D eigenvalue weighted by Gasteiger charge is -2.10. The molecule has 0 aliphatic heterocycles. The topological polar surface area (TPSA) is 29.3 Å². The van der Waals surface area contributed by atoms with Crippen LogP contribution in [-0.2, 0) is 6.42 Å². The quantitative estimate of drug-likeness (QED) is 0.716. The molecule has 2 heterocycles. The third-order valence-electron chi connectivity index (χ3n) is 4.19. The number of rotatable bonds is 6. The molecule has 0 bridgehead atoms. The van der Waals surface area contributed by atoms with E-state index in [-0.39, 0.29) is 0 Å². The molecular formula is C19H25N3S. The van der Waals surface area contributed by atoms with Gasteiger partial charge in [0.1, 0.15) is 0 Å². The molecule has 1 atom stereocenters.